The van der Waals surface area contributed by atoms with Gasteiger partial charge in [-0.3, -0.25) is 4.79 Å². The van der Waals surface area contributed by atoms with Crippen LogP contribution in [0.4, 0.5) is 0 Å². The molecule has 1 N–H and O–H groups in total. The summed E-state index contributed by atoms with van der Waals surface area (Å²) in [6.07, 6.45) is 2.03. The van der Waals surface area contributed by atoms with Crippen LogP contribution in [0.2, 0.25) is 0 Å². The fourth-order valence-corrected chi connectivity index (χ4v) is 4.38. The maximum Gasteiger partial charge on any atom is 0.303 e. The lowest BCUT2D eigenvalue weighted by Crippen LogP contribution is -2.26. The Morgan fingerprint density at radius 1 is 1.50 bits per heavy atom. The molecule has 0 amide bonds. The number of nitrogens with zero attached hydrogens (tertiary/aromatic N) is 4. The van der Waals surface area contributed by atoms with Crippen LogP contribution in [-0.2, 0) is 21.2 Å². The molecule has 0 aliphatic carbocycles. The molecular formula is C11H18N4O4S. The minimum atomic E-state index is -3.21. The van der Waals surface area contributed by atoms with Gasteiger partial charge in [0.05, 0.1) is 5.75 Å². The average Bonchev–Trinajstić information content (AvgIpc) is 2.75. The quantitative estimate of drug-likeness (QED) is 0.838. The van der Waals surface area contributed by atoms with Gasteiger partial charge in [-0.2, -0.15) is 0 Å². The molecule has 1 aliphatic heterocycles. The van der Waals surface area contributed by atoms with Crippen molar-refractivity contribution in [2.75, 3.05) is 5.75 Å². The van der Waals surface area contributed by atoms with Crippen molar-refractivity contribution in [3.63, 3.8) is 0 Å². The zero-order valence-electron chi connectivity index (χ0n) is 11.3. The topological polar surface area (TPSA) is 115 Å². The van der Waals surface area contributed by atoms with E-state index in [4.69, 9.17) is 5.11 Å². The Bertz CT molecular complexity index is 583. The summed E-state index contributed by atoms with van der Waals surface area (Å²) in [5, 5.41) is 19.3. The van der Waals surface area contributed by atoms with Crippen LogP contribution in [0.5, 0.6) is 0 Å². The van der Waals surface area contributed by atoms with Crippen LogP contribution in [0.1, 0.15) is 43.7 Å². The summed E-state index contributed by atoms with van der Waals surface area (Å²) in [5.41, 5.74) is 0. The maximum absolute atomic E-state index is 12.1. The van der Waals surface area contributed by atoms with Crippen LogP contribution in [0.15, 0.2) is 0 Å². The first-order chi connectivity index (χ1) is 9.40. The molecular weight excluding hydrogens is 284 g/mol. The number of tetrazole rings is 1. The van der Waals surface area contributed by atoms with Gasteiger partial charge in [-0.1, -0.05) is 13.3 Å². The molecule has 2 atom stereocenters. The van der Waals surface area contributed by atoms with E-state index in [1.54, 1.807) is 6.92 Å². The van der Waals surface area contributed by atoms with E-state index in [1.807, 2.05) is 0 Å². The van der Waals surface area contributed by atoms with Crippen molar-refractivity contribution in [2.45, 2.75) is 44.4 Å². The second kappa shape index (κ2) is 5.86. The molecule has 0 radical (unpaired) electrons. The molecule has 8 nitrogen and oxygen atoms in total. The molecule has 20 heavy (non-hydrogen) atoms. The maximum atomic E-state index is 12.1. The molecule has 2 unspecified atom stereocenters. The molecule has 2 heterocycles. The molecule has 1 saturated heterocycles. The van der Waals surface area contributed by atoms with Gasteiger partial charge in [-0.25, -0.2) is 13.1 Å². The van der Waals surface area contributed by atoms with Gasteiger partial charge < -0.3 is 5.11 Å². The van der Waals surface area contributed by atoms with E-state index in [-0.39, 0.29) is 18.1 Å². The lowest BCUT2D eigenvalue weighted by molar-refractivity contribution is -0.138. The van der Waals surface area contributed by atoms with Gasteiger partial charge >= 0.3 is 5.97 Å². The van der Waals surface area contributed by atoms with Gasteiger partial charge in [0.25, 0.3) is 0 Å². The normalized spacial score (nSPS) is 23.4. The van der Waals surface area contributed by atoms with Gasteiger partial charge in [-0.05, 0) is 29.2 Å². The molecule has 1 aromatic heterocycles. The molecule has 1 aromatic rings. The SMILES string of the molecule is CC(CC(=O)O)Cn1nnnc1C1CCCCS1(=O)=O. The first-order valence-electron chi connectivity index (χ1n) is 6.59. The molecule has 0 bridgehead atoms. The number of carboxylic acid groups (broad SMARTS) is 1. The van der Waals surface area contributed by atoms with Crippen LogP contribution in [-0.4, -0.2) is 45.5 Å². The number of hydrogen-bond acceptors (Lipinski definition) is 6. The molecule has 112 valence electrons. The lowest BCUT2D eigenvalue weighted by Gasteiger charge is -2.21. The van der Waals surface area contributed by atoms with Crippen LogP contribution in [0, 0.1) is 5.92 Å². The number of aliphatic carboxylic acids is 1. The molecule has 0 aromatic carbocycles. The first kappa shape index (κ1) is 14.9. The van der Waals surface area contributed by atoms with E-state index >= 15 is 0 Å². The smallest absolute Gasteiger partial charge is 0.303 e. The summed E-state index contributed by atoms with van der Waals surface area (Å²) in [6.45, 7) is 2.08. The molecule has 0 spiro atoms. The van der Waals surface area contributed by atoms with Crippen molar-refractivity contribution < 1.29 is 18.3 Å². The Morgan fingerprint density at radius 3 is 2.90 bits per heavy atom. The Morgan fingerprint density at radius 2 is 2.25 bits per heavy atom. The second-order valence-electron chi connectivity index (χ2n) is 5.27. The fraction of sp³-hybridized carbons (Fsp3) is 0.818. The molecule has 0 saturated carbocycles. The van der Waals surface area contributed by atoms with Gasteiger partial charge in [0.2, 0.25) is 0 Å². The van der Waals surface area contributed by atoms with Gasteiger partial charge in [0, 0.05) is 13.0 Å². The third-order valence-corrected chi connectivity index (χ3v) is 5.61. The summed E-state index contributed by atoms with van der Waals surface area (Å²) in [5.74, 6) is -0.560. The van der Waals surface area contributed by atoms with Crippen molar-refractivity contribution in [3.8, 4) is 0 Å². The highest BCUT2D eigenvalue weighted by atomic mass is 32.2. The van der Waals surface area contributed by atoms with Gasteiger partial charge in [-0.15, -0.1) is 5.10 Å². The Kier molecular flexibility index (Phi) is 4.36. The van der Waals surface area contributed by atoms with Gasteiger partial charge in [0.15, 0.2) is 15.7 Å². The highest BCUT2D eigenvalue weighted by Gasteiger charge is 2.34. The van der Waals surface area contributed by atoms with Crippen LogP contribution in [0.3, 0.4) is 0 Å². The summed E-state index contributed by atoms with van der Waals surface area (Å²) in [4.78, 5) is 10.7. The second-order valence-corrected chi connectivity index (χ2v) is 7.58. The third kappa shape index (κ3) is 3.33. The zero-order chi connectivity index (χ0) is 14.8. The summed E-state index contributed by atoms with van der Waals surface area (Å²) in [6, 6.07) is 0. The van der Waals surface area contributed by atoms with Crippen LogP contribution >= 0.6 is 0 Å². The number of carbonyl (C=O) groups is 1. The van der Waals surface area contributed by atoms with E-state index < -0.39 is 21.1 Å². The highest BCUT2D eigenvalue weighted by Crippen LogP contribution is 2.32. The first-order valence-corrected chi connectivity index (χ1v) is 8.31. The van der Waals surface area contributed by atoms with E-state index in [2.05, 4.69) is 15.5 Å². The largest absolute Gasteiger partial charge is 0.481 e. The Hall–Kier alpha value is -1.51. The minimum absolute atomic E-state index is 0.00326. The Labute approximate surface area is 117 Å². The highest BCUT2D eigenvalue weighted by molar-refractivity contribution is 7.91. The summed E-state index contributed by atoms with van der Waals surface area (Å²) in [7, 11) is -3.21. The number of carboxylic acids is 1. The van der Waals surface area contributed by atoms with E-state index in [0.717, 1.165) is 6.42 Å². The number of rotatable bonds is 5. The molecule has 2 rings (SSSR count). The molecule has 1 aliphatic rings. The molecule has 9 heteroatoms. The monoisotopic (exact) mass is 302 g/mol. The minimum Gasteiger partial charge on any atom is -0.481 e. The fourth-order valence-electron chi connectivity index (χ4n) is 2.47. The lowest BCUT2D eigenvalue weighted by atomic mass is 10.1. The van der Waals surface area contributed by atoms with Crippen molar-refractivity contribution in [2.24, 2.45) is 5.92 Å². The predicted octanol–water partition coefficient (Wildman–Crippen LogP) is 0.424. The van der Waals surface area contributed by atoms with Crippen molar-refractivity contribution in [3.05, 3.63) is 5.82 Å². The van der Waals surface area contributed by atoms with Crippen molar-refractivity contribution in [1.82, 2.24) is 20.2 Å². The van der Waals surface area contributed by atoms with Crippen molar-refractivity contribution >= 4 is 15.8 Å². The Balaban J connectivity index is 2.18. The van der Waals surface area contributed by atoms with E-state index in [0.29, 0.717) is 25.2 Å². The average molecular weight is 302 g/mol. The zero-order valence-corrected chi connectivity index (χ0v) is 12.1. The predicted molar refractivity (Wildman–Crippen MR) is 69.6 cm³/mol. The van der Waals surface area contributed by atoms with Crippen molar-refractivity contribution in [1.29, 1.82) is 0 Å². The van der Waals surface area contributed by atoms with Crippen LogP contribution in [0.25, 0.3) is 0 Å². The third-order valence-electron chi connectivity index (χ3n) is 3.43. The van der Waals surface area contributed by atoms with Gasteiger partial charge in [0.1, 0.15) is 5.25 Å². The number of aromatic nitrogens is 4. The molecule has 1 fully saturated rings. The van der Waals surface area contributed by atoms with E-state index in [1.165, 1.54) is 4.68 Å². The summed E-state index contributed by atoms with van der Waals surface area (Å²) >= 11 is 0. The van der Waals surface area contributed by atoms with Crippen LogP contribution < -0.4 is 0 Å². The summed E-state index contributed by atoms with van der Waals surface area (Å²) < 4.78 is 25.6. The number of sulfone groups is 1. The standard InChI is InChI=1S/C11H18N4O4S/c1-8(6-10(16)17)7-15-11(12-13-14-15)9-4-2-3-5-20(9,18)19/h8-9H,2-7H2,1H3,(H,16,17). The van der Waals surface area contributed by atoms with E-state index in [9.17, 15) is 13.2 Å². The number of hydrogen-bond donors (Lipinski definition) is 1.